The molecule has 1 fully saturated rings. The molecule has 1 aliphatic rings. The summed E-state index contributed by atoms with van der Waals surface area (Å²) in [6.45, 7) is 0.336. The molecular formula is C19H36O4. The molecule has 0 saturated carbocycles. The number of methoxy groups -OCH3 is 1. The lowest BCUT2D eigenvalue weighted by Gasteiger charge is -2.01. The van der Waals surface area contributed by atoms with Gasteiger partial charge in [-0.3, -0.25) is 4.79 Å². The highest BCUT2D eigenvalue weighted by atomic mass is 16.6. The van der Waals surface area contributed by atoms with Gasteiger partial charge >= 0.3 is 5.97 Å². The molecule has 4 nitrogen and oxygen atoms in total. The highest BCUT2D eigenvalue weighted by molar-refractivity contribution is 5.68. The predicted molar refractivity (Wildman–Crippen MR) is 92.4 cm³/mol. The summed E-state index contributed by atoms with van der Waals surface area (Å²) in [4.78, 5) is 11.0. The van der Waals surface area contributed by atoms with Gasteiger partial charge in [0, 0.05) is 13.0 Å². The average molecular weight is 328 g/mol. The first-order valence-corrected chi connectivity index (χ1v) is 9.61. The number of hydrogen-bond donors (Lipinski definition) is 1. The molecule has 0 amide bonds. The van der Waals surface area contributed by atoms with Crippen LogP contribution >= 0.6 is 0 Å². The summed E-state index contributed by atoms with van der Waals surface area (Å²) >= 11 is 0. The topological polar surface area (TPSA) is 59.1 Å². The van der Waals surface area contributed by atoms with Crippen LogP contribution in [0, 0.1) is 0 Å². The summed E-state index contributed by atoms with van der Waals surface area (Å²) in [6.07, 6.45) is 17.1. The summed E-state index contributed by atoms with van der Waals surface area (Å²) in [5, 5.41) is 8.71. The third kappa shape index (κ3) is 11.5. The maximum absolute atomic E-state index is 11.0. The molecule has 1 rings (SSSR count). The Balaban J connectivity index is 1.76. The van der Waals surface area contributed by atoms with Gasteiger partial charge < -0.3 is 14.6 Å². The second kappa shape index (κ2) is 13.8. The maximum Gasteiger partial charge on any atom is 0.305 e. The van der Waals surface area contributed by atoms with Crippen LogP contribution in [0.25, 0.3) is 0 Å². The van der Waals surface area contributed by atoms with Crippen molar-refractivity contribution in [2.24, 2.45) is 0 Å². The van der Waals surface area contributed by atoms with Gasteiger partial charge in [-0.1, -0.05) is 57.8 Å². The number of ether oxygens (including phenoxy) is 2. The fourth-order valence-electron chi connectivity index (χ4n) is 3.10. The van der Waals surface area contributed by atoms with Crippen LogP contribution in [-0.4, -0.2) is 37.0 Å². The fourth-order valence-corrected chi connectivity index (χ4v) is 3.10. The minimum absolute atomic E-state index is 0.0902. The van der Waals surface area contributed by atoms with E-state index >= 15 is 0 Å². The highest BCUT2D eigenvalue weighted by Crippen LogP contribution is 2.31. The van der Waals surface area contributed by atoms with E-state index in [0.717, 1.165) is 19.3 Å². The molecule has 136 valence electrons. The van der Waals surface area contributed by atoms with Crippen molar-refractivity contribution >= 4 is 5.97 Å². The van der Waals surface area contributed by atoms with Gasteiger partial charge in [0.15, 0.2) is 0 Å². The molecule has 2 unspecified atom stereocenters. The second-order valence-corrected chi connectivity index (χ2v) is 6.73. The van der Waals surface area contributed by atoms with Crippen molar-refractivity contribution in [3.8, 4) is 0 Å². The first kappa shape index (κ1) is 20.4. The molecule has 0 aromatic carbocycles. The molecule has 1 aliphatic heterocycles. The number of hydrogen-bond acceptors (Lipinski definition) is 4. The summed E-state index contributed by atoms with van der Waals surface area (Å²) < 4.78 is 10.4. The smallest absolute Gasteiger partial charge is 0.305 e. The van der Waals surface area contributed by atoms with Gasteiger partial charge in [-0.2, -0.15) is 0 Å². The molecule has 1 saturated heterocycles. The third-order valence-electron chi connectivity index (χ3n) is 4.68. The minimum atomic E-state index is -0.0902. The average Bonchev–Trinajstić information content (AvgIpc) is 3.31. The number of epoxide rings is 1. The zero-order valence-electron chi connectivity index (χ0n) is 14.9. The number of carbonyl (C=O) groups is 1. The van der Waals surface area contributed by atoms with Gasteiger partial charge in [0.05, 0.1) is 19.3 Å². The van der Waals surface area contributed by atoms with Crippen molar-refractivity contribution in [2.75, 3.05) is 13.7 Å². The molecule has 0 radical (unpaired) electrons. The first-order valence-electron chi connectivity index (χ1n) is 9.61. The van der Waals surface area contributed by atoms with Crippen LogP contribution in [0.3, 0.4) is 0 Å². The lowest BCUT2D eigenvalue weighted by Crippen LogP contribution is -1.99. The minimum Gasteiger partial charge on any atom is -0.469 e. The van der Waals surface area contributed by atoms with Crippen LogP contribution in [0.1, 0.15) is 89.9 Å². The number of unbranched alkanes of at least 4 members (excludes halogenated alkanes) is 9. The molecule has 4 heteroatoms. The van der Waals surface area contributed by atoms with Crippen LogP contribution in [0.4, 0.5) is 0 Å². The summed E-state index contributed by atoms with van der Waals surface area (Å²) in [5.74, 6) is -0.0902. The largest absolute Gasteiger partial charge is 0.469 e. The zero-order chi connectivity index (χ0) is 16.8. The Morgan fingerprint density at radius 3 is 1.83 bits per heavy atom. The number of esters is 1. The van der Waals surface area contributed by atoms with E-state index < -0.39 is 0 Å². The number of rotatable bonds is 16. The van der Waals surface area contributed by atoms with E-state index in [2.05, 4.69) is 4.74 Å². The summed E-state index contributed by atoms with van der Waals surface area (Å²) in [7, 11) is 1.45. The van der Waals surface area contributed by atoms with Gasteiger partial charge in [-0.05, 0) is 25.7 Å². The van der Waals surface area contributed by atoms with E-state index in [0.29, 0.717) is 25.2 Å². The third-order valence-corrected chi connectivity index (χ3v) is 4.68. The van der Waals surface area contributed by atoms with E-state index in [-0.39, 0.29) is 5.97 Å². The molecule has 0 aromatic heterocycles. The van der Waals surface area contributed by atoms with Gasteiger partial charge in [0.25, 0.3) is 0 Å². The van der Waals surface area contributed by atoms with E-state index in [9.17, 15) is 4.79 Å². The van der Waals surface area contributed by atoms with Crippen molar-refractivity contribution in [1.82, 2.24) is 0 Å². The zero-order valence-corrected chi connectivity index (χ0v) is 14.9. The SMILES string of the molecule is COC(=O)CCCCCCCC1OC1CCCCCCCCO. The number of aliphatic hydroxyl groups is 1. The van der Waals surface area contributed by atoms with Crippen LogP contribution in [0.15, 0.2) is 0 Å². The standard InChI is InChI=1S/C19H36O4/c1-22-19(21)15-11-7-4-6-10-14-18-17(23-18)13-9-5-2-3-8-12-16-20/h17-18,20H,2-16H2,1H3. The van der Waals surface area contributed by atoms with Crippen molar-refractivity contribution in [2.45, 2.75) is 102 Å². The van der Waals surface area contributed by atoms with Gasteiger partial charge in [0.1, 0.15) is 0 Å². The summed E-state index contributed by atoms with van der Waals surface area (Å²) in [6, 6.07) is 0. The second-order valence-electron chi connectivity index (χ2n) is 6.73. The predicted octanol–water partition coefficient (Wildman–Crippen LogP) is 4.38. The van der Waals surface area contributed by atoms with E-state index in [1.165, 1.54) is 71.3 Å². The molecule has 0 aromatic rings. The molecule has 1 N–H and O–H groups in total. The molecule has 0 aliphatic carbocycles. The summed E-state index contributed by atoms with van der Waals surface area (Å²) in [5.41, 5.74) is 0. The van der Waals surface area contributed by atoms with Crippen LogP contribution in [-0.2, 0) is 14.3 Å². The Bertz CT molecular complexity index is 293. The van der Waals surface area contributed by atoms with E-state index in [1.54, 1.807) is 0 Å². The Labute approximate surface area is 141 Å². The molecule has 23 heavy (non-hydrogen) atoms. The maximum atomic E-state index is 11.0. The van der Waals surface area contributed by atoms with Crippen molar-refractivity contribution < 1.29 is 19.4 Å². The first-order chi connectivity index (χ1) is 11.3. The lowest BCUT2D eigenvalue weighted by atomic mass is 10.0. The molecular weight excluding hydrogens is 292 g/mol. The Hall–Kier alpha value is -0.610. The number of carbonyl (C=O) groups excluding carboxylic acids is 1. The van der Waals surface area contributed by atoms with Gasteiger partial charge in [0.2, 0.25) is 0 Å². The van der Waals surface area contributed by atoms with Crippen molar-refractivity contribution in [1.29, 1.82) is 0 Å². The van der Waals surface area contributed by atoms with Crippen LogP contribution in [0.2, 0.25) is 0 Å². The van der Waals surface area contributed by atoms with E-state index in [1.807, 2.05) is 0 Å². The lowest BCUT2D eigenvalue weighted by molar-refractivity contribution is -0.140. The van der Waals surface area contributed by atoms with Crippen molar-refractivity contribution in [3.05, 3.63) is 0 Å². The van der Waals surface area contributed by atoms with Crippen molar-refractivity contribution in [3.63, 3.8) is 0 Å². The molecule has 0 bridgehead atoms. The Kier molecular flexibility index (Phi) is 12.3. The Morgan fingerprint density at radius 2 is 1.30 bits per heavy atom. The quantitative estimate of drug-likeness (QED) is 0.259. The number of aliphatic hydroxyl groups excluding tert-OH is 1. The molecule has 2 atom stereocenters. The highest BCUT2D eigenvalue weighted by Gasteiger charge is 2.36. The van der Waals surface area contributed by atoms with Gasteiger partial charge in [-0.25, -0.2) is 0 Å². The molecule has 1 heterocycles. The van der Waals surface area contributed by atoms with Crippen LogP contribution < -0.4 is 0 Å². The van der Waals surface area contributed by atoms with Gasteiger partial charge in [-0.15, -0.1) is 0 Å². The monoisotopic (exact) mass is 328 g/mol. The Morgan fingerprint density at radius 1 is 0.826 bits per heavy atom. The fraction of sp³-hybridized carbons (Fsp3) is 0.947. The van der Waals surface area contributed by atoms with Crippen LogP contribution in [0.5, 0.6) is 0 Å². The normalized spacial score (nSPS) is 19.7. The van der Waals surface area contributed by atoms with E-state index in [4.69, 9.17) is 9.84 Å². The molecule has 0 spiro atoms.